The molecule has 0 saturated carbocycles. The fraction of sp³-hybridized carbons (Fsp3) is 0.250. The second kappa shape index (κ2) is 4.83. The number of nitrogens with zero attached hydrogens (tertiary/aromatic N) is 3. The quantitative estimate of drug-likeness (QED) is 0.669. The Bertz CT molecular complexity index is 846. The number of fused-ring (bicyclic) bond motifs is 1. The summed E-state index contributed by atoms with van der Waals surface area (Å²) in [7, 11) is 0. The highest BCUT2D eigenvalue weighted by Gasteiger charge is 2.39. The molecule has 0 N–H and O–H groups in total. The van der Waals surface area contributed by atoms with Gasteiger partial charge in [-0.1, -0.05) is 29.8 Å². The number of alkyl halides is 3. The average molecular weight is 305 g/mol. The van der Waals surface area contributed by atoms with E-state index in [-0.39, 0.29) is 11.2 Å². The summed E-state index contributed by atoms with van der Waals surface area (Å²) in [5, 5.41) is 3.75. The van der Waals surface area contributed by atoms with Gasteiger partial charge in [-0.3, -0.25) is 0 Å². The Balaban J connectivity index is 2.41. The topological polar surface area (TPSA) is 30.2 Å². The molecule has 3 nitrogen and oxygen atoms in total. The summed E-state index contributed by atoms with van der Waals surface area (Å²) in [6, 6.07) is 8.60. The van der Waals surface area contributed by atoms with Gasteiger partial charge in [0.15, 0.2) is 11.3 Å². The van der Waals surface area contributed by atoms with E-state index in [0.717, 1.165) is 5.56 Å². The first-order valence-corrected chi connectivity index (χ1v) is 6.78. The maximum atomic E-state index is 13.4. The normalized spacial score (nSPS) is 12.1. The second-order valence-corrected chi connectivity index (χ2v) is 5.36. The smallest absolute Gasteiger partial charge is 0.233 e. The van der Waals surface area contributed by atoms with Crippen molar-refractivity contribution in [1.29, 1.82) is 0 Å². The van der Waals surface area contributed by atoms with E-state index >= 15 is 0 Å². The van der Waals surface area contributed by atoms with Crippen molar-refractivity contribution in [2.75, 3.05) is 0 Å². The molecule has 0 amide bonds. The Labute approximate surface area is 125 Å². The third-order valence-corrected chi connectivity index (χ3v) is 3.50. The van der Waals surface area contributed by atoms with Crippen LogP contribution in [0.1, 0.15) is 22.6 Å². The average Bonchev–Trinajstić information content (AvgIpc) is 2.79. The van der Waals surface area contributed by atoms with Gasteiger partial charge in [0.05, 0.1) is 5.56 Å². The van der Waals surface area contributed by atoms with E-state index < -0.39 is 11.9 Å². The second-order valence-electron chi connectivity index (χ2n) is 5.36. The molecule has 1 aromatic carbocycles. The van der Waals surface area contributed by atoms with Crippen LogP contribution in [0.15, 0.2) is 30.3 Å². The van der Waals surface area contributed by atoms with Gasteiger partial charge in [0.25, 0.3) is 0 Å². The van der Waals surface area contributed by atoms with Crippen LogP contribution >= 0.6 is 0 Å². The van der Waals surface area contributed by atoms with Crippen LogP contribution in [0.25, 0.3) is 16.8 Å². The number of halogens is 3. The van der Waals surface area contributed by atoms with Crippen LogP contribution in [0, 0.1) is 20.8 Å². The Morgan fingerprint density at radius 2 is 1.64 bits per heavy atom. The SMILES string of the molecule is Cc1ccc(-c2c(C(F)(F)F)nn3c(C)cc(C)nc23)cc1. The van der Waals surface area contributed by atoms with Gasteiger partial charge < -0.3 is 0 Å². The fourth-order valence-electron chi connectivity index (χ4n) is 2.51. The van der Waals surface area contributed by atoms with E-state index in [4.69, 9.17) is 0 Å². The third-order valence-electron chi connectivity index (χ3n) is 3.50. The van der Waals surface area contributed by atoms with Crippen LogP contribution in [-0.4, -0.2) is 14.6 Å². The molecule has 0 aliphatic rings. The van der Waals surface area contributed by atoms with E-state index in [0.29, 0.717) is 17.0 Å². The highest BCUT2D eigenvalue weighted by atomic mass is 19.4. The summed E-state index contributed by atoms with van der Waals surface area (Å²) in [4.78, 5) is 4.27. The first-order valence-electron chi connectivity index (χ1n) is 6.78. The van der Waals surface area contributed by atoms with Crippen molar-refractivity contribution in [2.45, 2.75) is 26.9 Å². The minimum Gasteiger partial charge on any atom is -0.233 e. The lowest BCUT2D eigenvalue weighted by atomic mass is 10.0. The molecule has 2 heterocycles. The Morgan fingerprint density at radius 3 is 2.23 bits per heavy atom. The van der Waals surface area contributed by atoms with Gasteiger partial charge in [0.1, 0.15) is 0 Å². The molecular weight excluding hydrogens is 291 g/mol. The van der Waals surface area contributed by atoms with Gasteiger partial charge in [-0.2, -0.15) is 18.3 Å². The summed E-state index contributed by atoms with van der Waals surface area (Å²) in [6.07, 6.45) is -4.53. The Hall–Kier alpha value is -2.37. The number of hydrogen-bond acceptors (Lipinski definition) is 2. The van der Waals surface area contributed by atoms with Gasteiger partial charge in [0, 0.05) is 11.4 Å². The van der Waals surface area contributed by atoms with Gasteiger partial charge in [-0.25, -0.2) is 9.50 Å². The molecule has 0 bridgehead atoms. The van der Waals surface area contributed by atoms with E-state index in [1.165, 1.54) is 4.52 Å². The zero-order valence-corrected chi connectivity index (χ0v) is 12.4. The standard InChI is InChI=1S/C16H14F3N3/c1-9-4-6-12(7-5-9)13-14(16(17,18)19)21-22-11(3)8-10(2)20-15(13)22/h4-8H,1-3H3. The fourth-order valence-corrected chi connectivity index (χ4v) is 2.51. The molecule has 22 heavy (non-hydrogen) atoms. The molecule has 3 aromatic rings. The lowest BCUT2D eigenvalue weighted by Crippen LogP contribution is -2.08. The minimum absolute atomic E-state index is 0.0271. The van der Waals surface area contributed by atoms with Crippen LogP contribution in [0.4, 0.5) is 13.2 Å². The molecule has 3 rings (SSSR count). The number of aryl methyl sites for hydroxylation is 3. The molecule has 6 heteroatoms. The number of benzene rings is 1. The maximum Gasteiger partial charge on any atom is 0.435 e. The van der Waals surface area contributed by atoms with Crippen molar-refractivity contribution in [1.82, 2.24) is 14.6 Å². The molecule has 0 aliphatic carbocycles. The first-order chi connectivity index (χ1) is 10.3. The molecule has 0 fully saturated rings. The molecule has 0 unspecified atom stereocenters. The monoisotopic (exact) mass is 305 g/mol. The predicted molar refractivity (Wildman–Crippen MR) is 77.6 cm³/mol. The lowest BCUT2D eigenvalue weighted by Gasteiger charge is -2.07. The van der Waals surface area contributed by atoms with Crippen molar-refractivity contribution in [3.63, 3.8) is 0 Å². The highest BCUT2D eigenvalue weighted by molar-refractivity contribution is 5.80. The summed E-state index contributed by atoms with van der Waals surface area (Å²) in [6.45, 7) is 5.36. The first kappa shape index (κ1) is 14.6. The zero-order valence-electron chi connectivity index (χ0n) is 12.4. The van der Waals surface area contributed by atoms with Crippen molar-refractivity contribution in [3.8, 4) is 11.1 Å². The van der Waals surface area contributed by atoms with Crippen molar-refractivity contribution < 1.29 is 13.2 Å². The summed E-state index contributed by atoms with van der Waals surface area (Å²) in [5.41, 5.74) is 2.07. The van der Waals surface area contributed by atoms with Gasteiger partial charge in [0.2, 0.25) is 0 Å². The zero-order chi connectivity index (χ0) is 16.1. The van der Waals surface area contributed by atoms with Crippen LogP contribution in [0.3, 0.4) is 0 Å². The molecule has 0 spiro atoms. The molecule has 0 radical (unpaired) electrons. The van der Waals surface area contributed by atoms with E-state index in [2.05, 4.69) is 10.1 Å². The predicted octanol–water partition coefficient (Wildman–Crippen LogP) is 4.34. The molecule has 0 atom stereocenters. The molecule has 0 saturated heterocycles. The van der Waals surface area contributed by atoms with E-state index in [9.17, 15) is 13.2 Å². The summed E-state index contributed by atoms with van der Waals surface area (Å²) >= 11 is 0. The van der Waals surface area contributed by atoms with Crippen LogP contribution in [0.2, 0.25) is 0 Å². The van der Waals surface area contributed by atoms with Gasteiger partial charge in [-0.15, -0.1) is 0 Å². The molecule has 0 aliphatic heterocycles. The van der Waals surface area contributed by atoms with Crippen molar-refractivity contribution in [3.05, 3.63) is 53.0 Å². The minimum atomic E-state index is -4.53. The van der Waals surface area contributed by atoms with E-state index in [1.54, 1.807) is 44.2 Å². The molecule has 114 valence electrons. The van der Waals surface area contributed by atoms with E-state index in [1.807, 2.05) is 6.92 Å². The van der Waals surface area contributed by atoms with Gasteiger partial charge in [-0.05, 0) is 32.4 Å². The summed E-state index contributed by atoms with van der Waals surface area (Å²) in [5.74, 6) is 0. The Kier molecular flexibility index (Phi) is 3.20. The lowest BCUT2D eigenvalue weighted by molar-refractivity contribution is -0.140. The van der Waals surface area contributed by atoms with Crippen LogP contribution in [0.5, 0.6) is 0 Å². The molecular formula is C16H14F3N3. The number of rotatable bonds is 1. The Morgan fingerprint density at radius 1 is 1.00 bits per heavy atom. The summed E-state index contributed by atoms with van der Waals surface area (Å²) < 4.78 is 41.4. The van der Waals surface area contributed by atoms with Crippen molar-refractivity contribution in [2.24, 2.45) is 0 Å². The van der Waals surface area contributed by atoms with Crippen molar-refractivity contribution >= 4 is 5.65 Å². The highest BCUT2D eigenvalue weighted by Crippen LogP contribution is 2.38. The largest absolute Gasteiger partial charge is 0.435 e. The molecule has 2 aromatic heterocycles. The maximum absolute atomic E-state index is 13.4. The third kappa shape index (κ3) is 2.34. The van der Waals surface area contributed by atoms with Crippen LogP contribution < -0.4 is 0 Å². The van der Waals surface area contributed by atoms with Crippen LogP contribution in [-0.2, 0) is 6.18 Å². The number of hydrogen-bond donors (Lipinski definition) is 0. The number of aromatic nitrogens is 3. The van der Waals surface area contributed by atoms with Gasteiger partial charge >= 0.3 is 6.18 Å².